The molecule has 0 aromatic heterocycles. The lowest BCUT2D eigenvalue weighted by Crippen LogP contribution is -2.12. The third-order valence-electron chi connectivity index (χ3n) is 10.1. The minimum absolute atomic E-state index is 0.0473. The van der Waals surface area contributed by atoms with Crippen LogP contribution < -0.4 is 10.6 Å². The zero-order chi connectivity index (χ0) is 43.2. The van der Waals surface area contributed by atoms with Crippen molar-refractivity contribution in [3.63, 3.8) is 0 Å². The summed E-state index contributed by atoms with van der Waals surface area (Å²) in [6.07, 6.45) is 0. The predicted molar refractivity (Wildman–Crippen MR) is 244 cm³/mol. The third kappa shape index (κ3) is 7.59. The number of azo groups is 2. The van der Waals surface area contributed by atoms with E-state index in [1.807, 2.05) is 0 Å². The molecule has 8 aromatic rings. The van der Waals surface area contributed by atoms with E-state index in [2.05, 4.69) is 31.1 Å². The van der Waals surface area contributed by atoms with E-state index in [-0.39, 0.29) is 49.7 Å². The topological polar surface area (TPSA) is 165 Å². The lowest BCUT2D eigenvalue weighted by atomic mass is 10.0. The minimum atomic E-state index is -0.643. The first kappa shape index (κ1) is 40.3. The molecule has 9 rings (SSSR count). The predicted octanol–water partition coefficient (Wildman–Crippen LogP) is 14.6. The number of carbonyl (C=O) groups is 3. The van der Waals surface area contributed by atoms with Crippen molar-refractivity contribution in [3.8, 4) is 22.6 Å². The Labute approximate surface area is 371 Å². The lowest BCUT2D eigenvalue weighted by molar-refractivity contribution is 0.101. The van der Waals surface area contributed by atoms with E-state index in [9.17, 15) is 24.6 Å². The smallest absolute Gasteiger partial charge is 0.259 e. The maximum Gasteiger partial charge on any atom is 0.259 e. The van der Waals surface area contributed by atoms with Gasteiger partial charge < -0.3 is 20.8 Å². The number of hydrogen-bond donors (Lipinski definition) is 4. The second-order valence-electron chi connectivity index (χ2n) is 14.0. The minimum Gasteiger partial charge on any atom is -0.505 e. The number of carbonyl (C=O) groups excluding carboxylic acids is 3. The first-order valence-corrected chi connectivity index (χ1v) is 20.1. The van der Waals surface area contributed by atoms with Gasteiger partial charge in [0.15, 0.2) is 17.3 Å². The van der Waals surface area contributed by atoms with E-state index in [0.29, 0.717) is 65.2 Å². The van der Waals surface area contributed by atoms with E-state index in [4.69, 9.17) is 46.4 Å². The van der Waals surface area contributed by atoms with Gasteiger partial charge in [-0.15, -0.1) is 10.2 Å². The zero-order valence-electron chi connectivity index (χ0n) is 31.6. The summed E-state index contributed by atoms with van der Waals surface area (Å²) in [5.74, 6) is -2.39. The molecule has 11 nitrogen and oxygen atoms in total. The quantitative estimate of drug-likeness (QED) is 0.111. The van der Waals surface area contributed by atoms with Crippen molar-refractivity contribution >= 4 is 120 Å². The number of phenolic OH excluding ortho intramolecular Hbond substituents is 2. The number of nitrogens with one attached hydrogen (secondary N) is 2. The Morgan fingerprint density at radius 1 is 0.468 bits per heavy atom. The highest BCUT2D eigenvalue weighted by Gasteiger charge is 2.28. The van der Waals surface area contributed by atoms with Gasteiger partial charge in [-0.25, -0.2) is 0 Å². The molecule has 0 heterocycles. The molecular weight excluding hydrogens is 870 g/mol. The monoisotopic (exact) mass is 894 g/mol. The summed E-state index contributed by atoms with van der Waals surface area (Å²) in [7, 11) is 0. The molecule has 0 saturated carbocycles. The molecule has 1 aliphatic carbocycles. The van der Waals surface area contributed by atoms with Gasteiger partial charge in [-0.3, -0.25) is 14.4 Å². The van der Waals surface area contributed by atoms with Crippen molar-refractivity contribution in [2.24, 2.45) is 20.5 Å². The number of nitrogens with zero attached hydrogens (tertiary/aromatic N) is 4. The van der Waals surface area contributed by atoms with Gasteiger partial charge in [0, 0.05) is 31.9 Å². The van der Waals surface area contributed by atoms with E-state index >= 15 is 0 Å². The molecular formula is C47H26Cl4N6O5. The Balaban J connectivity index is 0.994. The SMILES string of the molecule is O=C1c2cc(N=Nc3c(O)c(C(=O)Nc4cc(Cl)ccc4Cl)cc4ccccc34)ccc2-c2ccc(N=Nc3c(O)c(C(=O)Nc4cc(Cl)ccc4Cl)cc4ccccc34)cc21. The van der Waals surface area contributed by atoms with E-state index in [1.165, 1.54) is 24.3 Å². The first-order chi connectivity index (χ1) is 29.9. The average Bonchev–Trinajstić information content (AvgIpc) is 3.54. The Hall–Kier alpha value is -7.15. The van der Waals surface area contributed by atoms with Crippen LogP contribution in [0.4, 0.5) is 34.1 Å². The number of rotatable bonds is 8. The van der Waals surface area contributed by atoms with Gasteiger partial charge in [0.2, 0.25) is 0 Å². The normalized spacial score (nSPS) is 12.0. The molecule has 0 saturated heterocycles. The van der Waals surface area contributed by atoms with Gasteiger partial charge in [0.25, 0.3) is 11.8 Å². The molecule has 0 radical (unpaired) electrons. The lowest BCUT2D eigenvalue weighted by Gasteiger charge is -2.12. The van der Waals surface area contributed by atoms with Crippen LogP contribution in [0, 0.1) is 0 Å². The van der Waals surface area contributed by atoms with Crippen molar-refractivity contribution in [1.82, 2.24) is 0 Å². The summed E-state index contributed by atoms with van der Waals surface area (Å²) >= 11 is 24.8. The molecule has 0 unspecified atom stereocenters. The number of benzene rings is 8. The van der Waals surface area contributed by atoms with Gasteiger partial charge in [-0.1, -0.05) is 107 Å². The molecule has 0 atom stereocenters. The van der Waals surface area contributed by atoms with Gasteiger partial charge in [-0.2, -0.15) is 10.2 Å². The fourth-order valence-electron chi connectivity index (χ4n) is 7.14. The Morgan fingerprint density at radius 3 is 1.32 bits per heavy atom. The molecule has 0 fully saturated rings. The van der Waals surface area contributed by atoms with Crippen molar-refractivity contribution in [2.45, 2.75) is 0 Å². The maximum absolute atomic E-state index is 13.9. The molecule has 4 N–H and O–H groups in total. The van der Waals surface area contributed by atoms with Crippen LogP contribution in [-0.4, -0.2) is 27.8 Å². The van der Waals surface area contributed by atoms with Crippen molar-refractivity contribution in [1.29, 1.82) is 0 Å². The number of anilines is 2. The van der Waals surface area contributed by atoms with Crippen LogP contribution in [0.3, 0.4) is 0 Å². The maximum atomic E-state index is 13.9. The molecule has 302 valence electrons. The highest BCUT2D eigenvalue weighted by Crippen LogP contribution is 2.44. The van der Waals surface area contributed by atoms with Crippen LogP contribution in [0.15, 0.2) is 154 Å². The average molecular weight is 897 g/mol. The van der Waals surface area contributed by atoms with Crippen LogP contribution in [0.2, 0.25) is 20.1 Å². The zero-order valence-corrected chi connectivity index (χ0v) is 34.6. The summed E-state index contributed by atoms with van der Waals surface area (Å²) in [5, 5.41) is 49.2. The fraction of sp³-hybridized carbons (Fsp3) is 0. The number of aromatic hydroxyl groups is 2. The van der Waals surface area contributed by atoms with Crippen LogP contribution in [-0.2, 0) is 0 Å². The van der Waals surface area contributed by atoms with Gasteiger partial charge >= 0.3 is 0 Å². The number of fused-ring (bicyclic) bond motifs is 5. The van der Waals surface area contributed by atoms with E-state index in [0.717, 1.165) is 0 Å². The Morgan fingerprint density at radius 2 is 0.887 bits per heavy atom. The molecule has 0 aliphatic heterocycles. The highest BCUT2D eigenvalue weighted by molar-refractivity contribution is 6.36. The second-order valence-corrected chi connectivity index (χ2v) is 15.7. The number of phenols is 2. The Bertz CT molecular complexity index is 3080. The second kappa shape index (κ2) is 16.4. The van der Waals surface area contributed by atoms with Gasteiger partial charge in [0.1, 0.15) is 11.4 Å². The Kier molecular flexibility index (Phi) is 10.6. The first-order valence-electron chi connectivity index (χ1n) is 18.6. The summed E-state index contributed by atoms with van der Waals surface area (Å²) in [4.78, 5) is 40.7. The molecule has 15 heteroatoms. The molecule has 2 amide bonds. The molecule has 1 aliphatic rings. The molecule has 0 bridgehead atoms. The van der Waals surface area contributed by atoms with Gasteiger partial charge in [0.05, 0.1) is 43.9 Å². The standard InChI is InChI=1S/C47H26Cl4N6O5/c48-25-9-15-37(50)39(19-25)52-46(61)35-17-23-5-1-3-7-29(23)41(44(35)59)56-54-27-11-13-31-32-14-12-28(22-34(32)43(58)33(31)21-27)55-57-42-30-8-4-2-6-24(30)18-36(45(42)60)47(62)53-40-20-26(49)10-16-38(40)51/h1-22,59-60H,(H,52,61)(H,53,62). The summed E-state index contributed by atoms with van der Waals surface area (Å²) in [5.41, 5.74) is 3.20. The van der Waals surface area contributed by atoms with Crippen LogP contribution in [0.5, 0.6) is 11.5 Å². The summed E-state index contributed by atoms with van der Waals surface area (Å²) in [6.45, 7) is 0. The van der Waals surface area contributed by atoms with Crippen LogP contribution >= 0.6 is 46.4 Å². The summed E-state index contributed by atoms with van der Waals surface area (Å²) < 4.78 is 0. The number of hydrogen-bond acceptors (Lipinski definition) is 9. The van der Waals surface area contributed by atoms with Gasteiger partial charge in [-0.05, 0) is 94.7 Å². The third-order valence-corrected chi connectivity index (χ3v) is 11.3. The van der Waals surface area contributed by atoms with Crippen molar-refractivity contribution in [2.75, 3.05) is 10.6 Å². The van der Waals surface area contributed by atoms with Crippen LogP contribution in [0.25, 0.3) is 32.7 Å². The number of halogens is 4. The van der Waals surface area contributed by atoms with E-state index in [1.54, 1.807) is 109 Å². The number of amides is 2. The van der Waals surface area contributed by atoms with Crippen molar-refractivity contribution < 1.29 is 24.6 Å². The molecule has 8 aromatic carbocycles. The largest absolute Gasteiger partial charge is 0.505 e. The summed E-state index contributed by atoms with van der Waals surface area (Å²) in [6, 6.07) is 36.6. The van der Waals surface area contributed by atoms with Crippen molar-refractivity contribution in [3.05, 3.63) is 176 Å². The number of ketones is 1. The van der Waals surface area contributed by atoms with E-state index < -0.39 is 23.3 Å². The molecule has 0 spiro atoms. The highest BCUT2D eigenvalue weighted by atomic mass is 35.5. The van der Waals surface area contributed by atoms with Crippen LogP contribution in [0.1, 0.15) is 36.6 Å². The fourth-order valence-corrected chi connectivity index (χ4v) is 7.82. The molecule has 62 heavy (non-hydrogen) atoms.